The number of nitro benzene ring substituents is 1. The Balaban J connectivity index is 1.28. The highest BCUT2D eigenvalue weighted by atomic mass is 16.6. The Labute approximate surface area is 249 Å². The zero-order chi connectivity index (χ0) is 30.1. The van der Waals surface area contributed by atoms with Crippen LogP contribution in [0.3, 0.4) is 0 Å². The quantitative estimate of drug-likeness (QED) is 0.112. The number of ether oxygens (including phenoxy) is 2. The van der Waals surface area contributed by atoms with Crippen molar-refractivity contribution in [1.29, 1.82) is 0 Å². The molecule has 2 aliphatic heterocycles. The first-order chi connectivity index (χ1) is 20.9. The fourth-order valence-electron chi connectivity index (χ4n) is 6.83. The fourth-order valence-corrected chi connectivity index (χ4v) is 6.83. The summed E-state index contributed by atoms with van der Waals surface area (Å²) in [6.45, 7) is 0.644. The van der Waals surface area contributed by atoms with Gasteiger partial charge in [-0.3, -0.25) is 19.7 Å². The number of nitro groups is 1. The Kier molecular flexibility index (Phi) is 7.92. The number of allylic oxidation sites excluding steroid dienone is 1. The minimum Gasteiger partial charge on any atom is -0.508 e. The number of aromatic hydroxyl groups is 1. The predicted molar refractivity (Wildman–Crippen MR) is 161 cm³/mol. The van der Waals surface area contributed by atoms with Crippen molar-refractivity contribution in [3.05, 3.63) is 111 Å². The van der Waals surface area contributed by atoms with Crippen LogP contribution in [-0.4, -0.2) is 48.3 Å². The number of anilines is 1. The van der Waals surface area contributed by atoms with Crippen molar-refractivity contribution in [2.24, 2.45) is 17.8 Å². The Morgan fingerprint density at radius 1 is 1.05 bits per heavy atom. The number of phenols is 1. The van der Waals surface area contributed by atoms with Crippen LogP contribution in [0.25, 0.3) is 11.6 Å². The van der Waals surface area contributed by atoms with Gasteiger partial charge in [0.15, 0.2) is 0 Å². The van der Waals surface area contributed by atoms with Crippen molar-refractivity contribution in [3.8, 4) is 5.75 Å². The molecule has 2 amide bonds. The molecular formula is C34H32N2O7. The topological polar surface area (TPSA) is 119 Å². The number of hydrogen-bond donors (Lipinski definition) is 1. The van der Waals surface area contributed by atoms with E-state index in [0.717, 1.165) is 32.7 Å². The van der Waals surface area contributed by atoms with Crippen LogP contribution in [-0.2, 0) is 19.1 Å². The molecule has 0 aromatic heterocycles. The molecule has 0 radical (unpaired) electrons. The predicted octanol–water partition coefficient (Wildman–Crippen LogP) is 5.79. The van der Waals surface area contributed by atoms with E-state index in [4.69, 9.17) is 9.47 Å². The number of benzene rings is 3. The minimum atomic E-state index is -0.594. The number of phenolic OH excluding ortho intramolecular Hbond substituents is 1. The van der Waals surface area contributed by atoms with E-state index in [1.807, 2.05) is 30.3 Å². The molecule has 0 spiro atoms. The third kappa shape index (κ3) is 5.49. The van der Waals surface area contributed by atoms with E-state index in [1.165, 1.54) is 18.2 Å². The van der Waals surface area contributed by atoms with Crippen LogP contribution < -0.4 is 4.90 Å². The Bertz CT molecular complexity index is 1630. The highest BCUT2D eigenvalue weighted by molar-refractivity contribution is 6.22. The summed E-state index contributed by atoms with van der Waals surface area (Å²) in [4.78, 5) is 39.4. The zero-order valence-electron chi connectivity index (χ0n) is 23.7. The van der Waals surface area contributed by atoms with E-state index in [-0.39, 0.29) is 41.0 Å². The first-order valence-corrected chi connectivity index (χ1v) is 14.4. The van der Waals surface area contributed by atoms with E-state index in [9.17, 15) is 24.8 Å². The van der Waals surface area contributed by atoms with Gasteiger partial charge in [-0.15, -0.1) is 0 Å². The second kappa shape index (κ2) is 11.9. The summed E-state index contributed by atoms with van der Waals surface area (Å²) in [5.74, 6) is -1.92. The van der Waals surface area contributed by atoms with Gasteiger partial charge in [0.2, 0.25) is 11.8 Å². The molecule has 0 bridgehead atoms. The number of carbonyl (C=O) groups excluding carboxylic acids is 2. The molecule has 3 aliphatic rings. The second-order valence-corrected chi connectivity index (χ2v) is 11.2. The number of rotatable bonds is 9. The maximum Gasteiger partial charge on any atom is 0.271 e. The number of methoxy groups -OCH3 is 1. The van der Waals surface area contributed by atoms with E-state index < -0.39 is 16.8 Å². The second-order valence-electron chi connectivity index (χ2n) is 11.2. The zero-order valence-corrected chi connectivity index (χ0v) is 23.7. The lowest BCUT2D eigenvalue weighted by Gasteiger charge is -2.31. The van der Waals surface area contributed by atoms with E-state index in [2.05, 4.69) is 18.2 Å². The lowest BCUT2D eigenvalue weighted by Crippen LogP contribution is -2.35. The molecule has 9 heteroatoms. The van der Waals surface area contributed by atoms with E-state index in [1.54, 1.807) is 25.3 Å². The number of non-ortho nitro benzene ring substituents is 1. The first-order valence-electron chi connectivity index (χ1n) is 14.4. The number of imide groups is 1. The monoisotopic (exact) mass is 580 g/mol. The number of carbonyl (C=O) groups is 2. The summed E-state index contributed by atoms with van der Waals surface area (Å²) in [6.07, 6.45) is 3.54. The maximum atomic E-state index is 13.8. The minimum absolute atomic E-state index is 0.177. The molecule has 43 heavy (non-hydrogen) atoms. The highest BCUT2D eigenvalue weighted by Crippen LogP contribution is 2.51. The van der Waals surface area contributed by atoms with Crippen molar-refractivity contribution >= 4 is 34.8 Å². The largest absolute Gasteiger partial charge is 0.508 e. The summed E-state index contributed by atoms with van der Waals surface area (Å²) in [5.41, 5.74) is 5.10. The highest BCUT2D eigenvalue weighted by Gasteiger charge is 2.57. The van der Waals surface area contributed by atoms with Crippen molar-refractivity contribution in [3.63, 3.8) is 0 Å². The first kappa shape index (κ1) is 28.5. The fraction of sp³-hybridized carbons (Fsp3) is 0.294. The van der Waals surface area contributed by atoms with Gasteiger partial charge >= 0.3 is 0 Å². The molecule has 3 aromatic rings. The smallest absolute Gasteiger partial charge is 0.271 e. The van der Waals surface area contributed by atoms with Crippen LogP contribution in [0.2, 0.25) is 0 Å². The van der Waals surface area contributed by atoms with Crippen molar-refractivity contribution < 1.29 is 29.1 Å². The Morgan fingerprint density at radius 2 is 1.84 bits per heavy atom. The molecule has 4 atom stereocenters. The average Bonchev–Trinajstić information content (AvgIpc) is 3.54. The third-order valence-electron chi connectivity index (χ3n) is 8.66. The van der Waals surface area contributed by atoms with Crippen LogP contribution in [0.15, 0.2) is 90.0 Å². The normalized spacial score (nSPS) is 23.5. The van der Waals surface area contributed by atoms with Gasteiger partial charge in [0.1, 0.15) is 5.75 Å². The lowest BCUT2D eigenvalue weighted by molar-refractivity contribution is -0.384. The summed E-state index contributed by atoms with van der Waals surface area (Å²) >= 11 is 0. The standard InChI is InChI=1S/C34H32N2O7/c1-42-19-24-17-28-32(34(39)35(33(28)38)25-10-6-11-26(18-25)36(40)41)29-20-43-30(31(24)29)14-13-23(22-8-3-2-4-9-22)15-21-7-5-12-27(37)16-21/h2-12,15-16,18,28-30,32,37H,13-14,17,19-20H2,1H3/b23-15-/t28-,29+,30-,32-/m1/s1. The molecule has 9 nitrogen and oxygen atoms in total. The van der Waals surface area contributed by atoms with Crippen molar-refractivity contribution in [1.82, 2.24) is 0 Å². The van der Waals surface area contributed by atoms with Crippen molar-refractivity contribution in [2.75, 3.05) is 25.2 Å². The number of hydrogen-bond acceptors (Lipinski definition) is 7. The average molecular weight is 581 g/mol. The third-order valence-corrected chi connectivity index (χ3v) is 8.66. The summed E-state index contributed by atoms with van der Waals surface area (Å²) in [7, 11) is 1.61. The molecule has 2 heterocycles. The van der Waals surface area contributed by atoms with Gasteiger partial charge in [-0.2, -0.15) is 0 Å². The molecule has 0 saturated carbocycles. The molecular weight excluding hydrogens is 548 g/mol. The molecule has 6 rings (SSSR count). The molecule has 0 unspecified atom stereocenters. The lowest BCUT2D eigenvalue weighted by atomic mass is 9.69. The van der Waals surface area contributed by atoms with Gasteiger partial charge in [0.05, 0.1) is 41.8 Å². The number of amides is 2. The van der Waals surface area contributed by atoms with E-state index in [0.29, 0.717) is 32.5 Å². The van der Waals surface area contributed by atoms with Crippen LogP contribution in [0.4, 0.5) is 11.4 Å². The van der Waals surface area contributed by atoms with Gasteiger partial charge in [-0.1, -0.05) is 54.6 Å². The van der Waals surface area contributed by atoms with Gasteiger partial charge in [0, 0.05) is 25.2 Å². The molecule has 1 N–H and O–H groups in total. The van der Waals surface area contributed by atoms with E-state index >= 15 is 0 Å². The Morgan fingerprint density at radius 3 is 2.58 bits per heavy atom. The van der Waals surface area contributed by atoms with Gasteiger partial charge in [0.25, 0.3) is 5.69 Å². The Hall–Kier alpha value is -4.60. The van der Waals surface area contributed by atoms with Gasteiger partial charge in [-0.05, 0) is 65.3 Å². The summed E-state index contributed by atoms with van der Waals surface area (Å²) in [6, 6.07) is 22.8. The van der Waals surface area contributed by atoms with Crippen LogP contribution in [0.1, 0.15) is 30.4 Å². The van der Waals surface area contributed by atoms with Crippen LogP contribution >= 0.6 is 0 Å². The number of nitrogens with zero attached hydrogens (tertiary/aromatic N) is 2. The molecule has 220 valence electrons. The SMILES string of the molecule is COCC1=C2[C@@H](CC/C(=C/c3cccc(O)c3)c3ccccc3)OC[C@@H]2[C@@H]2C(=O)N(c3cccc([N+](=O)[O-])c3)C(=O)[C@@H]2C1. The molecule has 2 saturated heterocycles. The van der Waals surface area contributed by atoms with Crippen LogP contribution in [0.5, 0.6) is 5.75 Å². The molecule has 3 aromatic carbocycles. The molecule has 2 fully saturated rings. The molecule has 1 aliphatic carbocycles. The maximum absolute atomic E-state index is 13.8. The van der Waals surface area contributed by atoms with Gasteiger partial charge < -0.3 is 14.6 Å². The summed E-state index contributed by atoms with van der Waals surface area (Å²) in [5, 5.41) is 21.4. The van der Waals surface area contributed by atoms with Crippen molar-refractivity contribution in [2.45, 2.75) is 25.4 Å². The van der Waals surface area contributed by atoms with Gasteiger partial charge in [-0.25, -0.2) is 4.90 Å². The summed E-state index contributed by atoms with van der Waals surface area (Å²) < 4.78 is 11.9. The number of fused-ring (bicyclic) bond motifs is 3. The van der Waals surface area contributed by atoms with Crippen LogP contribution in [0, 0.1) is 27.9 Å².